The molecule has 11 heteroatoms. The molecule has 46 heavy (non-hydrogen) atoms. The molecule has 0 radical (unpaired) electrons. The Kier molecular flexibility index (Phi) is 10.3. The third-order valence-corrected chi connectivity index (χ3v) is 16.0. The molecule has 1 unspecified atom stereocenters. The third-order valence-electron chi connectivity index (χ3n) is 8.75. The van der Waals surface area contributed by atoms with Gasteiger partial charge < -0.3 is 19.6 Å². The van der Waals surface area contributed by atoms with Crippen molar-refractivity contribution in [1.29, 1.82) is 0 Å². The van der Waals surface area contributed by atoms with Crippen LogP contribution < -0.4 is 14.8 Å². The first-order valence-corrected chi connectivity index (χ1v) is 18.2. The monoisotopic (exact) mass is 649 g/mol. The number of aryl methyl sites for hydroxylation is 1. The second-order valence-corrected chi connectivity index (χ2v) is 19.6. The van der Waals surface area contributed by atoms with Crippen molar-refractivity contribution in [3.63, 3.8) is 0 Å². The van der Waals surface area contributed by atoms with E-state index in [9.17, 15) is 9.90 Å². The van der Waals surface area contributed by atoms with Gasteiger partial charge in [-0.1, -0.05) is 41.5 Å². The number of aliphatic hydroxyl groups is 1. The molecule has 4 aromatic rings. The molecule has 0 saturated heterocycles. The van der Waals surface area contributed by atoms with E-state index in [0.717, 1.165) is 15.8 Å². The SMILES string of the molecule is CCOc1ccc(N(C(=O)OC(C)(C)C)c2ccc(C(O)c3c[nH]c4ncc(C)c([Si](C(C)C)(C(C)C)C(C)C)c34)c(F)n2)cn1. The van der Waals surface area contributed by atoms with Crippen LogP contribution in [0.15, 0.2) is 42.9 Å². The summed E-state index contributed by atoms with van der Waals surface area (Å²) in [7, 11) is -2.22. The molecule has 2 N–H and O–H groups in total. The smallest absolute Gasteiger partial charge is 0.420 e. The van der Waals surface area contributed by atoms with Crippen LogP contribution in [0.1, 0.15) is 92.0 Å². The standard InChI is InChI=1S/C35H48FN5O4Si/c1-12-44-28-16-13-24(18-37-28)41(34(43)45-35(9,10)11)27-15-14-25(32(36)40-27)30(42)26-19-39-33-29(26)31(23(8)17-38-33)46(20(2)3,21(4)5)22(6)7/h13-22,30,42H,12H2,1-11H3,(H,38,39). The number of pyridine rings is 3. The number of nitrogens with one attached hydrogen (secondary N) is 1. The molecule has 0 aliphatic rings. The van der Waals surface area contributed by atoms with Gasteiger partial charge in [-0.2, -0.15) is 4.39 Å². The summed E-state index contributed by atoms with van der Waals surface area (Å²) in [6.45, 7) is 23.3. The number of aromatic amines is 1. The van der Waals surface area contributed by atoms with E-state index in [0.29, 0.717) is 46.0 Å². The number of rotatable bonds is 10. The van der Waals surface area contributed by atoms with Crippen molar-refractivity contribution < 1.29 is 23.8 Å². The molecule has 4 aromatic heterocycles. The topological polar surface area (TPSA) is 113 Å². The second kappa shape index (κ2) is 13.5. The van der Waals surface area contributed by atoms with Gasteiger partial charge in [-0.3, -0.25) is 0 Å². The molecule has 4 rings (SSSR count). The van der Waals surface area contributed by atoms with E-state index < -0.39 is 31.8 Å². The summed E-state index contributed by atoms with van der Waals surface area (Å²) in [6.07, 6.45) is 2.97. The number of aliphatic hydroxyl groups excluding tert-OH is 1. The number of fused-ring (bicyclic) bond motifs is 1. The summed E-state index contributed by atoms with van der Waals surface area (Å²) in [5.41, 5.74) is 3.00. The van der Waals surface area contributed by atoms with Crippen LogP contribution in [0.25, 0.3) is 11.0 Å². The van der Waals surface area contributed by atoms with E-state index >= 15 is 4.39 Å². The van der Waals surface area contributed by atoms with Crippen LogP contribution in [0.5, 0.6) is 5.88 Å². The van der Waals surface area contributed by atoms with Crippen LogP contribution in [-0.2, 0) is 4.74 Å². The molecular formula is C35H48FN5O4Si. The predicted molar refractivity (Wildman–Crippen MR) is 184 cm³/mol. The zero-order valence-corrected chi connectivity index (χ0v) is 29.9. The molecule has 0 aliphatic heterocycles. The lowest BCUT2D eigenvalue weighted by molar-refractivity contribution is 0.0598. The molecule has 248 valence electrons. The van der Waals surface area contributed by atoms with Crippen molar-refractivity contribution in [3.05, 3.63) is 65.5 Å². The average molecular weight is 650 g/mol. The summed E-state index contributed by atoms with van der Waals surface area (Å²) in [6, 6.07) is 6.20. The fourth-order valence-electron chi connectivity index (χ4n) is 7.16. The lowest BCUT2D eigenvalue weighted by atomic mass is 10.0. The molecule has 0 saturated carbocycles. The highest BCUT2D eigenvalue weighted by Crippen LogP contribution is 2.44. The van der Waals surface area contributed by atoms with Crippen LogP contribution in [0, 0.1) is 12.9 Å². The molecule has 1 atom stereocenters. The van der Waals surface area contributed by atoms with Crippen LogP contribution in [-0.4, -0.2) is 51.4 Å². The minimum absolute atomic E-state index is 0.0167. The van der Waals surface area contributed by atoms with E-state index in [1.165, 1.54) is 23.5 Å². The van der Waals surface area contributed by atoms with Gasteiger partial charge in [-0.15, -0.1) is 0 Å². The number of amides is 1. The highest BCUT2D eigenvalue weighted by atomic mass is 28.3. The molecule has 4 heterocycles. The second-order valence-electron chi connectivity index (χ2n) is 13.7. The quantitative estimate of drug-likeness (QED) is 0.131. The summed E-state index contributed by atoms with van der Waals surface area (Å²) in [5, 5.41) is 13.9. The third kappa shape index (κ3) is 6.53. The van der Waals surface area contributed by atoms with Crippen molar-refractivity contribution in [3.8, 4) is 5.88 Å². The zero-order valence-electron chi connectivity index (χ0n) is 28.9. The number of H-pyrrole nitrogens is 1. The summed E-state index contributed by atoms with van der Waals surface area (Å²) in [4.78, 5) is 30.9. The fourth-order valence-corrected chi connectivity index (χ4v) is 14.3. The molecule has 0 bridgehead atoms. The molecule has 0 aromatic carbocycles. The Balaban J connectivity index is 1.84. The van der Waals surface area contributed by atoms with Crippen molar-refractivity contribution in [2.24, 2.45) is 0 Å². The minimum Gasteiger partial charge on any atom is -0.478 e. The van der Waals surface area contributed by atoms with Gasteiger partial charge >= 0.3 is 6.09 Å². The molecule has 0 fully saturated rings. The van der Waals surface area contributed by atoms with Gasteiger partial charge in [0.15, 0.2) is 0 Å². The van der Waals surface area contributed by atoms with Gasteiger partial charge in [-0.05, 0) is 80.2 Å². The first-order chi connectivity index (χ1) is 21.5. The maximum Gasteiger partial charge on any atom is 0.420 e. The van der Waals surface area contributed by atoms with Gasteiger partial charge in [0.1, 0.15) is 23.2 Å². The summed E-state index contributed by atoms with van der Waals surface area (Å²) >= 11 is 0. The van der Waals surface area contributed by atoms with E-state index in [1.807, 2.05) is 13.1 Å². The van der Waals surface area contributed by atoms with Crippen LogP contribution in [0.3, 0.4) is 0 Å². The fraction of sp³-hybridized carbons (Fsp3) is 0.486. The molecule has 0 spiro atoms. The number of anilines is 2. The van der Waals surface area contributed by atoms with E-state index in [4.69, 9.17) is 9.47 Å². The first-order valence-electron chi connectivity index (χ1n) is 16.0. The maximum atomic E-state index is 16.0. The van der Waals surface area contributed by atoms with Crippen LogP contribution in [0.2, 0.25) is 16.6 Å². The molecular weight excluding hydrogens is 602 g/mol. The number of aromatic nitrogens is 4. The van der Waals surface area contributed by atoms with Crippen molar-refractivity contribution in [1.82, 2.24) is 19.9 Å². The number of hydrogen-bond donors (Lipinski definition) is 2. The lowest BCUT2D eigenvalue weighted by Crippen LogP contribution is -2.57. The van der Waals surface area contributed by atoms with E-state index in [2.05, 4.69) is 68.4 Å². The predicted octanol–water partition coefficient (Wildman–Crippen LogP) is 8.24. The number of carbonyl (C=O) groups excluding carboxylic acids is 1. The number of halogens is 1. The highest BCUT2D eigenvalue weighted by Gasteiger charge is 2.47. The highest BCUT2D eigenvalue weighted by molar-refractivity contribution is 6.96. The van der Waals surface area contributed by atoms with Gasteiger partial charge in [-0.25, -0.2) is 24.6 Å². The Morgan fingerprint density at radius 1 is 1.00 bits per heavy atom. The van der Waals surface area contributed by atoms with Gasteiger partial charge in [0, 0.05) is 35.0 Å². The number of hydrogen-bond acceptors (Lipinski definition) is 7. The van der Waals surface area contributed by atoms with Crippen molar-refractivity contribution in [2.45, 2.75) is 104 Å². The number of nitrogens with zero attached hydrogens (tertiary/aromatic N) is 4. The molecule has 9 nitrogen and oxygen atoms in total. The molecule has 0 aliphatic carbocycles. The number of ether oxygens (including phenoxy) is 2. The largest absolute Gasteiger partial charge is 0.478 e. The molecule has 1 amide bonds. The summed E-state index contributed by atoms with van der Waals surface area (Å²) in [5.74, 6) is -0.541. The van der Waals surface area contributed by atoms with E-state index in [-0.39, 0.29) is 11.4 Å². The maximum absolute atomic E-state index is 16.0. The van der Waals surface area contributed by atoms with Crippen molar-refractivity contribution >= 4 is 41.9 Å². The minimum atomic E-state index is -2.22. The van der Waals surface area contributed by atoms with Crippen molar-refractivity contribution in [2.75, 3.05) is 11.5 Å². The Bertz CT molecular complexity index is 1660. The Hall–Kier alpha value is -3.83. The summed E-state index contributed by atoms with van der Waals surface area (Å²) < 4.78 is 27.1. The van der Waals surface area contributed by atoms with Crippen LogP contribution >= 0.6 is 0 Å². The van der Waals surface area contributed by atoms with Gasteiger partial charge in [0.2, 0.25) is 11.8 Å². The van der Waals surface area contributed by atoms with Gasteiger partial charge in [0.25, 0.3) is 0 Å². The number of carbonyl (C=O) groups is 1. The zero-order chi connectivity index (χ0) is 34.1. The van der Waals surface area contributed by atoms with Crippen LogP contribution in [0.4, 0.5) is 20.7 Å². The Morgan fingerprint density at radius 3 is 2.17 bits per heavy atom. The first kappa shape index (κ1) is 35.0. The van der Waals surface area contributed by atoms with Gasteiger partial charge in [0.05, 0.1) is 26.6 Å². The average Bonchev–Trinajstić information content (AvgIpc) is 3.38. The lowest BCUT2D eigenvalue weighted by Gasteiger charge is -2.45. The Labute approximate surface area is 272 Å². The van der Waals surface area contributed by atoms with E-state index in [1.54, 1.807) is 39.1 Å². The normalized spacial score (nSPS) is 13.1. The Morgan fingerprint density at radius 2 is 1.65 bits per heavy atom.